The molecule has 3 aromatic rings. The number of Topliss-reactive ketones (excluding diaryl/α,β-unsaturated/α-hetero) is 1. The summed E-state index contributed by atoms with van der Waals surface area (Å²) in [6.07, 6.45) is 1.76. The molecule has 36 heavy (non-hydrogen) atoms. The number of ketones is 1. The van der Waals surface area contributed by atoms with E-state index in [4.69, 9.17) is 18.9 Å². The summed E-state index contributed by atoms with van der Waals surface area (Å²) in [6, 6.07) is 17.8. The Balaban J connectivity index is 1.21. The van der Waals surface area contributed by atoms with Gasteiger partial charge in [0.1, 0.15) is 17.5 Å². The number of carboxylic acids is 1. The van der Waals surface area contributed by atoms with Gasteiger partial charge in [-0.15, -0.1) is 0 Å². The molecule has 1 atom stereocenters. The van der Waals surface area contributed by atoms with E-state index in [9.17, 15) is 19.5 Å². The zero-order valence-electron chi connectivity index (χ0n) is 18.9. The van der Waals surface area contributed by atoms with Gasteiger partial charge in [0.2, 0.25) is 12.6 Å². The number of hydrogen-bond acceptors (Lipinski definition) is 7. The van der Waals surface area contributed by atoms with Crippen LogP contribution < -0.4 is 24.3 Å². The molecule has 5 rings (SSSR count). The average molecular weight is 487 g/mol. The standard InChI is InChI=1S/C27H21NO8/c29-25(28-20(27(31)32)10-16-4-2-1-3-5-16)14-33-18-7-8-19-22(13-18)36-24(26(19)30)12-17-6-9-21-23(11-17)35-15-34-21/h1-9,11-13,20H,10,14-15H2,(H,28,29)(H,31,32)/t20-/m0/s1. The highest BCUT2D eigenvalue weighted by atomic mass is 16.7. The lowest BCUT2D eigenvalue weighted by Crippen LogP contribution is -2.44. The van der Waals surface area contributed by atoms with Gasteiger partial charge in [0.15, 0.2) is 23.9 Å². The van der Waals surface area contributed by atoms with Crippen molar-refractivity contribution in [2.45, 2.75) is 12.5 Å². The highest BCUT2D eigenvalue weighted by Gasteiger charge is 2.28. The molecule has 0 fully saturated rings. The first-order chi connectivity index (χ1) is 17.5. The second-order valence-corrected chi connectivity index (χ2v) is 8.15. The van der Waals surface area contributed by atoms with E-state index in [1.165, 1.54) is 6.07 Å². The predicted molar refractivity (Wildman–Crippen MR) is 127 cm³/mol. The number of carbonyl (C=O) groups excluding carboxylic acids is 2. The van der Waals surface area contributed by atoms with Gasteiger partial charge < -0.3 is 29.4 Å². The largest absolute Gasteiger partial charge is 0.484 e. The van der Waals surface area contributed by atoms with Crippen molar-refractivity contribution in [3.63, 3.8) is 0 Å². The summed E-state index contributed by atoms with van der Waals surface area (Å²) in [5.74, 6) is -0.0259. The molecule has 1 amide bonds. The molecule has 0 unspecified atom stereocenters. The Bertz CT molecular complexity index is 1370. The van der Waals surface area contributed by atoms with Crippen LogP contribution in [-0.2, 0) is 16.0 Å². The van der Waals surface area contributed by atoms with Crippen LogP contribution in [-0.4, -0.2) is 42.2 Å². The number of nitrogens with one attached hydrogen (secondary N) is 1. The third kappa shape index (κ3) is 5.00. The maximum absolute atomic E-state index is 12.7. The first-order valence-corrected chi connectivity index (χ1v) is 11.1. The lowest BCUT2D eigenvalue weighted by atomic mass is 10.1. The summed E-state index contributed by atoms with van der Waals surface area (Å²) in [7, 11) is 0. The van der Waals surface area contributed by atoms with E-state index >= 15 is 0 Å². The highest BCUT2D eigenvalue weighted by Crippen LogP contribution is 2.37. The Labute approximate surface area is 205 Å². The number of hydrogen-bond donors (Lipinski definition) is 2. The number of allylic oxidation sites excluding steroid dienone is 1. The molecule has 0 aliphatic carbocycles. The molecule has 0 aromatic heterocycles. The van der Waals surface area contributed by atoms with E-state index in [0.717, 1.165) is 5.56 Å². The minimum Gasteiger partial charge on any atom is -0.484 e. The molecule has 0 bridgehead atoms. The van der Waals surface area contributed by atoms with Crippen molar-refractivity contribution in [2.75, 3.05) is 13.4 Å². The second kappa shape index (κ2) is 9.83. The van der Waals surface area contributed by atoms with Crippen LogP contribution in [0.15, 0.2) is 72.5 Å². The van der Waals surface area contributed by atoms with Gasteiger partial charge in [-0.25, -0.2) is 4.79 Å². The van der Waals surface area contributed by atoms with Gasteiger partial charge in [0.25, 0.3) is 5.91 Å². The molecule has 0 saturated carbocycles. The van der Waals surface area contributed by atoms with Crippen LogP contribution in [0.1, 0.15) is 21.5 Å². The summed E-state index contributed by atoms with van der Waals surface area (Å²) in [5, 5.41) is 11.9. The lowest BCUT2D eigenvalue weighted by Gasteiger charge is -2.15. The first kappa shape index (κ1) is 23.0. The Morgan fingerprint density at radius 3 is 2.61 bits per heavy atom. The van der Waals surface area contributed by atoms with Crippen molar-refractivity contribution in [1.29, 1.82) is 0 Å². The first-order valence-electron chi connectivity index (χ1n) is 11.1. The van der Waals surface area contributed by atoms with Gasteiger partial charge in [-0.2, -0.15) is 0 Å². The Morgan fingerprint density at radius 1 is 1.00 bits per heavy atom. The van der Waals surface area contributed by atoms with Gasteiger partial charge >= 0.3 is 5.97 Å². The molecule has 0 radical (unpaired) electrons. The van der Waals surface area contributed by atoms with Gasteiger partial charge in [-0.1, -0.05) is 36.4 Å². The minimum atomic E-state index is -1.14. The number of carbonyl (C=O) groups is 3. The Kier molecular flexibility index (Phi) is 6.27. The molecular formula is C27H21NO8. The fourth-order valence-electron chi connectivity index (χ4n) is 3.85. The zero-order valence-corrected chi connectivity index (χ0v) is 18.9. The molecule has 2 aliphatic rings. The van der Waals surface area contributed by atoms with Crippen LogP contribution in [0.25, 0.3) is 6.08 Å². The van der Waals surface area contributed by atoms with Gasteiger partial charge in [-0.3, -0.25) is 9.59 Å². The maximum Gasteiger partial charge on any atom is 0.326 e. The van der Waals surface area contributed by atoms with Crippen LogP contribution >= 0.6 is 0 Å². The van der Waals surface area contributed by atoms with E-state index < -0.39 is 24.5 Å². The molecule has 2 heterocycles. The van der Waals surface area contributed by atoms with Crippen LogP contribution in [0.3, 0.4) is 0 Å². The number of rotatable bonds is 8. The normalized spacial score (nSPS) is 15.2. The third-order valence-corrected chi connectivity index (χ3v) is 5.62. The van der Waals surface area contributed by atoms with Crippen molar-refractivity contribution >= 4 is 23.7 Å². The molecule has 9 nitrogen and oxygen atoms in total. The number of ether oxygens (including phenoxy) is 4. The van der Waals surface area contributed by atoms with Crippen molar-refractivity contribution < 1.29 is 38.4 Å². The fraction of sp³-hybridized carbons (Fsp3) is 0.148. The van der Waals surface area contributed by atoms with Crippen molar-refractivity contribution in [3.8, 4) is 23.0 Å². The zero-order chi connectivity index (χ0) is 25.1. The fourth-order valence-corrected chi connectivity index (χ4v) is 3.85. The van der Waals surface area contributed by atoms with Crippen LogP contribution in [0.4, 0.5) is 0 Å². The van der Waals surface area contributed by atoms with Crippen molar-refractivity contribution in [3.05, 3.63) is 89.2 Å². The van der Waals surface area contributed by atoms with E-state index in [2.05, 4.69) is 5.32 Å². The van der Waals surface area contributed by atoms with Gasteiger partial charge in [-0.05, 0) is 41.5 Å². The number of fused-ring (bicyclic) bond motifs is 2. The van der Waals surface area contributed by atoms with Crippen molar-refractivity contribution in [1.82, 2.24) is 5.32 Å². The average Bonchev–Trinajstić information content (AvgIpc) is 3.46. The molecule has 0 saturated heterocycles. The minimum absolute atomic E-state index is 0.143. The van der Waals surface area contributed by atoms with Gasteiger partial charge in [0, 0.05) is 12.5 Å². The van der Waals surface area contributed by atoms with E-state index in [-0.39, 0.29) is 24.8 Å². The smallest absolute Gasteiger partial charge is 0.326 e. The number of aliphatic carboxylic acids is 1. The SMILES string of the molecule is O=C(COc1ccc2c(c1)OC(=Cc1ccc3c(c1)OCO3)C2=O)N[C@@H](Cc1ccccc1)C(=O)O. The summed E-state index contributed by atoms with van der Waals surface area (Å²) in [6.45, 7) is -0.244. The lowest BCUT2D eigenvalue weighted by molar-refractivity contribution is -0.142. The molecule has 9 heteroatoms. The molecule has 182 valence electrons. The summed E-state index contributed by atoms with van der Waals surface area (Å²) < 4.78 is 21.9. The van der Waals surface area contributed by atoms with Gasteiger partial charge in [0.05, 0.1) is 5.56 Å². The van der Waals surface area contributed by atoms with E-state index in [1.807, 2.05) is 6.07 Å². The molecule has 2 N–H and O–H groups in total. The van der Waals surface area contributed by atoms with E-state index in [1.54, 1.807) is 60.7 Å². The van der Waals surface area contributed by atoms with Crippen LogP contribution in [0.2, 0.25) is 0 Å². The maximum atomic E-state index is 12.7. The third-order valence-electron chi connectivity index (χ3n) is 5.62. The Hall–Kier alpha value is -4.79. The molecule has 2 aliphatic heterocycles. The van der Waals surface area contributed by atoms with E-state index in [0.29, 0.717) is 34.1 Å². The Morgan fingerprint density at radius 2 is 1.81 bits per heavy atom. The predicted octanol–water partition coefficient (Wildman–Crippen LogP) is 3.22. The molecular weight excluding hydrogens is 466 g/mol. The molecule has 3 aromatic carbocycles. The molecule has 0 spiro atoms. The van der Waals surface area contributed by atoms with Crippen LogP contribution in [0, 0.1) is 0 Å². The second-order valence-electron chi connectivity index (χ2n) is 8.15. The highest BCUT2D eigenvalue weighted by molar-refractivity contribution is 6.14. The topological polar surface area (TPSA) is 120 Å². The monoisotopic (exact) mass is 487 g/mol. The summed E-state index contributed by atoms with van der Waals surface area (Å²) >= 11 is 0. The number of carboxylic acid groups (broad SMARTS) is 1. The van der Waals surface area contributed by atoms with Crippen LogP contribution in [0.5, 0.6) is 23.0 Å². The number of benzene rings is 3. The quantitative estimate of drug-likeness (QED) is 0.465. The van der Waals surface area contributed by atoms with Crippen molar-refractivity contribution in [2.24, 2.45) is 0 Å². The summed E-state index contributed by atoms with van der Waals surface area (Å²) in [5.41, 5.74) is 1.87. The summed E-state index contributed by atoms with van der Waals surface area (Å²) in [4.78, 5) is 36.6. The number of amides is 1.